The van der Waals surface area contributed by atoms with Gasteiger partial charge >= 0.3 is 6.03 Å². The number of aryl methyl sites for hydroxylation is 1. The van der Waals surface area contributed by atoms with E-state index in [1.165, 1.54) is 5.01 Å². The molecule has 0 fully saturated rings. The lowest BCUT2D eigenvalue weighted by Gasteiger charge is -2.23. The first kappa shape index (κ1) is 22.2. The highest BCUT2D eigenvalue weighted by Gasteiger charge is 2.35. The minimum Gasteiger partial charge on any atom is -0.508 e. The third kappa shape index (κ3) is 4.70. The van der Waals surface area contributed by atoms with Crippen LogP contribution in [-0.2, 0) is 0 Å². The first-order valence-electron chi connectivity index (χ1n) is 11.3. The SMILES string of the molecule is Cc1ccccc1Oc1ccccc1NC(=O)N1N=C(c2cccnc2)CC1c1ccccc1O. The van der Waals surface area contributed by atoms with Gasteiger partial charge in [0, 0.05) is 29.9 Å². The van der Waals surface area contributed by atoms with Gasteiger partial charge < -0.3 is 15.2 Å². The molecule has 1 aliphatic heterocycles. The summed E-state index contributed by atoms with van der Waals surface area (Å²) in [6.07, 6.45) is 3.85. The minimum absolute atomic E-state index is 0.112. The summed E-state index contributed by atoms with van der Waals surface area (Å²) in [5.41, 5.74) is 3.66. The van der Waals surface area contributed by atoms with Crippen LogP contribution >= 0.6 is 0 Å². The van der Waals surface area contributed by atoms with Gasteiger partial charge in [-0.2, -0.15) is 5.10 Å². The molecule has 7 nitrogen and oxygen atoms in total. The second-order valence-electron chi connectivity index (χ2n) is 8.21. The smallest absolute Gasteiger partial charge is 0.342 e. The van der Waals surface area contributed by atoms with Crippen LogP contribution in [0.15, 0.2) is 102 Å². The van der Waals surface area contributed by atoms with Crippen LogP contribution < -0.4 is 10.1 Å². The van der Waals surface area contributed by atoms with E-state index < -0.39 is 12.1 Å². The summed E-state index contributed by atoms with van der Waals surface area (Å²) in [4.78, 5) is 17.7. The van der Waals surface area contributed by atoms with Crippen LogP contribution in [0.25, 0.3) is 0 Å². The summed E-state index contributed by atoms with van der Waals surface area (Å²) in [5.74, 6) is 1.34. The van der Waals surface area contributed by atoms with Crippen LogP contribution in [0, 0.1) is 6.92 Å². The number of carbonyl (C=O) groups is 1. The standard InChI is InChI=1S/C28H24N4O3/c1-19-9-2-6-14-26(19)35-27-15-7-4-12-22(27)30-28(34)32-24(21-11-3-5-13-25(21)33)17-23(31-32)20-10-8-16-29-18-20/h2-16,18,24,33H,17H2,1H3,(H,30,34). The highest BCUT2D eigenvalue weighted by Crippen LogP contribution is 2.38. The normalized spacial score (nSPS) is 14.9. The van der Waals surface area contributed by atoms with E-state index in [9.17, 15) is 9.90 Å². The van der Waals surface area contributed by atoms with Crippen LogP contribution in [0.4, 0.5) is 10.5 Å². The molecule has 0 spiro atoms. The number of rotatable bonds is 5. The summed E-state index contributed by atoms with van der Waals surface area (Å²) in [6.45, 7) is 1.96. The first-order chi connectivity index (χ1) is 17.1. The molecule has 3 aromatic carbocycles. The number of benzene rings is 3. The molecule has 7 heteroatoms. The average Bonchev–Trinajstić information content (AvgIpc) is 3.33. The van der Waals surface area contributed by atoms with E-state index in [-0.39, 0.29) is 5.75 Å². The summed E-state index contributed by atoms with van der Waals surface area (Å²) < 4.78 is 6.11. The average molecular weight is 465 g/mol. The molecule has 174 valence electrons. The largest absolute Gasteiger partial charge is 0.508 e. The van der Waals surface area contributed by atoms with Crippen molar-refractivity contribution in [3.63, 3.8) is 0 Å². The van der Waals surface area contributed by atoms with Gasteiger partial charge in [0.2, 0.25) is 0 Å². The molecule has 0 saturated carbocycles. The number of para-hydroxylation sites is 4. The molecule has 1 aromatic heterocycles. The molecule has 0 aliphatic carbocycles. The lowest BCUT2D eigenvalue weighted by atomic mass is 9.98. The Morgan fingerprint density at radius 1 is 0.971 bits per heavy atom. The molecule has 5 rings (SSSR count). The number of phenolic OH excluding ortho intramolecular Hbond substituents is 1. The van der Waals surface area contributed by atoms with E-state index in [1.54, 1.807) is 42.7 Å². The zero-order valence-electron chi connectivity index (χ0n) is 19.1. The number of nitrogens with zero attached hydrogens (tertiary/aromatic N) is 3. The van der Waals surface area contributed by atoms with E-state index in [0.29, 0.717) is 34.9 Å². The van der Waals surface area contributed by atoms with E-state index in [0.717, 1.165) is 11.1 Å². The molecule has 0 saturated heterocycles. The highest BCUT2D eigenvalue weighted by molar-refractivity contribution is 6.04. The van der Waals surface area contributed by atoms with Crippen molar-refractivity contribution in [2.75, 3.05) is 5.32 Å². The number of pyridine rings is 1. The number of hydrogen-bond donors (Lipinski definition) is 2. The second kappa shape index (κ2) is 9.69. The van der Waals surface area contributed by atoms with Crippen LogP contribution in [0.5, 0.6) is 17.2 Å². The predicted molar refractivity (Wildman–Crippen MR) is 135 cm³/mol. The molecular formula is C28H24N4O3. The molecule has 1 atom stereocenters. The van der Waals surface area contributed by atoms with Crippen molar-refractivity contribution in [2.24, 2.45) is 5.10 Å². The van der Waals surface area contributed by atoms with Crippen LogP contribution in [0.1, 0.15) is 29.2 Å². The van der Waals surface area contributed by atoms with Gasteiger partial charge in [0.25, 0.3) is 0 Å². The van der Waals surface area contributed by atoms with Crippen molar-refractivity contribution in [3.05, 3.63) is 114 Å². The van der Waals surface area contributed by atoms with Crippen LogP contribution in [0.3, 0.4) is 0 Å². The first-order valence-corrected chi connectivity index (χ1v) is 11.3. The predicted octanol–water partition coefficient (Wildman–Crippen LogP) is 6.27. The van der Waals surface area contributed by atoms with Gasteiger partial charge in [-0.3, -0.25) is 4.98 Å². The van der Waals surface area contributed by atoms with Crippen molar-refractivity contribution in [3.8, 4) is 17.2 Å². The summed E-state index contributed by atoms with van der Waals surface area (Å²) in [6, 6.07) is 24.8. The van der Waals surface area contributed by atoms with Gasteiger partial charge in [0.1, 0.15) is 11.5 Å². The quantitative estimate of drug-likeness (QED) is 0.364. The third-order valence-electron chi connectivity index (χ3n) is 5.85. The fraction of sp³-hybridized carbons (Fsp3) is 0.107. The number of phenols is 1. The van der Waals surface area contributed by atoms with E-state index >= 15 is 0 Å². The molecule has 2 N–H and O–H groups in total. The summed E-state index contributed by atoms with van der Waals surface area (Å²) in [5, 5.41) is 19.5. The van der Waals surface area contributed by atoms with Crippen molar-refractivity contribution >= 4 is 17.4 Å². The fourth-order valence-electron chi connectivity index (χ4n) is 4.04. The van der Waals surface area contributed by atoms with Gasteiger partial charge in [0.05, 0.1) is 17.4 Å². The maximum absolute atomic E-state index is 13.5. The number of aromatic hydroxyl groups is 1. The molecule has 2 heterocycles. The zero-order chi connectivity index (χ0) is 24.2. The number of carbonyl (C=O) groups excluding carboxylic acids is 1. The van der Waals surface area contributed by atoms with Gasteiger partial charge in [-0.25, -0.2) is 9.80 Å². The van der Waals surface area contributed by atoms with Gasteiger partial charge in [-0.05, 0) is 42.8 Å². The molecule has 0 radical (unpaired) electrons. The lowest BCUT2D eigenvalue weighted by Crippen LogP contribution is -2.31. The van der Waals surface area contributed by atoms with Gasteiger partial charge in [-0.1, -0.05) is 54.6 Å². The van der Waals surface area contributed by atoms with Crippen LogP contribution in [-0.4, -0.2) is 26.8 Å². The number of hydrazone groups is 1. The Morgan fingerprint density at radius 2 is 1.71 bits per heavy atom. The molecule has 4 aromatic rings. The van der Waals surface area contributed by atoms with Crippen molar-refractivity contribution in [1.29, 1.82) is 0 Å². The maximum atomic E-state index is 13.5. The topological polar surface area (TPSA) is 87.0 Å². The Labute approximate surface area is 203 Å². The number of urea groups is 1. The highest BCUT2D eigenvalue weighted by atomic mass is 16.5. The Bertz CT molecular complexity index is 1390. The molecule has 1 unspecified atom stereocenters. The van der Waals surface area contributed by atoms with Crippen LogP contribution in [0.2, 0.25) is 0 Å². The number of aromatic nitrogens is 1. The number of amides is 2. The Hall–Kier alpha value is -4.65. The van der Waals surface area contributed by atoms with E-state index in [1.807, 2.05) is 61.5 Å². The number of anilines is 1. The number of nitrogens with one attached hydrogen (secondary N) is 1. The maximum Gasteiger partial charge on any atom is 0.342 e. The van der Waals surface area contributed by atoms with Gasteiger partial charge in [-0.15, -0.1) is 0 Å². The molecule has 1 aliphatic rings. The zero-order valence-corrected chi connectivity index (χ0v) is 19.1. The Kier molecular flexibility index (Phi) is 6.13. The van der Waals surface area contributed by atoms with E-state index in [4.69, 9.17) is 4.74 Å². The molecular weight excluding hydrogens is 440 g/mol. The molecule has 2 amide bonds. The minimum atomic E-state index is -0.476. The lowest BCUT2D eigenvalue weighted by molar-refractivity contribution is 0.199. The van der Waals surface area contributed by atoms with Gasteiger partial charge in [0.15, 0.2) is 5.75 Å². The third-order valence-corrected chi connectivity index (χ3v) is 5.85. The summed E-state index contributed by atoms with van der Waals surface area (Å²) in [7, 11) is 0. The second-order valence-corrected chi connectivity index (χ2v) is 8.21. The number of hydrogen-bond acceptors (Lipinski definition) is 5. The Balaban J connectivity index is 1.45. The monoisotopic (exact) mass is 464 g/mol. The Morgan fingerprint density at radius 3 is 2.49 bits per heavy atom. The van der Waals surface area contributed by atoms with Crippen molar-refractivity contribution in [2.45, 2.75) is 19.4 Å². The van der Waals surface area contributed by atoms with Crippen molar-refractivity contribution in [1.82, 2.24) is 9.99 Å². The number of ether oxygens (including phenoxy) is 1. The molecule has 35 heavy (non-hydrogen) atoms. The van der Waals surface area contributed by atoms with Crippen molar-refractivity contribution < 1.29 is 14.6 Å². The molecule has 0 bridgehead atoms. The summed E-state index contributed by atoms with van der Waals surface area (Å²) >= 11 is 0. The van der Waals surface area contributed by atoms with E-state index in [2.05, 4.69) is 15.4 Å². The fourth-order valence-corrected chi connectivity index (χ4v) is 4.04.